The van der Waals surface area contributed by atoms with Gasteiger partial charge >= 0.3 is 0 Å². The zero-order chi connectivity index (χ0) is 16.5. The minimum absolute atomic E-state index is 0.0559. The number of rotatable bonds is 2. The Morgan fingerprint density at radius 3 is 2.75 bits per heavy atom. The fraction of sp³-hybridized carbons (Fsp3) is 0.263. The molecule has 1 amide bonds. The van der Waals surface area contributed by atoms with Gasteiger partial charge in [0.2, 0.25) is 0 Å². The van der Waals surface area contributed by atoms with Crippen molar-refractivity contribution in [2.75, 3.05) is 13.1 Å². The SMILES string of the molecule is O=C(c1ccn[nH]1)N1CCC(c2ccc3ccccc3c2)C(O)C1. The summed E-state index contributed by atoms with van der Waals surface area (Å²) in [5, 5.41) is 19.5. The molecule has 24 heavy (non-hydrogen) atoms. The molecule has 5 heteroatoms. The summed E-state index contributed by atoms with van der Waals surface area (Å²) in [6.45, 7) is 0.974. The van der Waals surface area contributed by atoms with Crippen LogP contribution in [0.15, 0.2) is 54.7 Å². The van der Waals surface area contributed by atoms with E-state index in [-0.39, 0.29) is 11.8 Å². The van der Waals surface area contributed by atoms with E-state index in [1.54, 1.807) is 17.2 Å². The van der Waals surface area contributed by atoms with E-state index in [4.69, 9.17) is 0 Å². The van der Waals surface area contributed by atoms with E-state index in [1.165, 1.54) is 10.8 Å². The second-order valence-corrected chi connectivity index (χ2v) is 6.29. The van der Waals surface area contributed by atoms with E-state index in [0.29, 0.717) is 18.8 Å². The molecule has 3 aromatic rings. The molecule has 1 saturated heterocycles. The molecule has 4 rings (SSSR count). The van der Waals surface area contributed by atoms with Crippen LogP contribution in [0.5, 0.6) is 0 Å². The van der Waals surface area contributed by atoms with Crippen LogP contribution in [0.4, 0.5) is 0 Å². The predicted octanol–water partition coefficient (Wildman–Crippen LogP) is 2.55. The smallest absolute Gasteiger partial charge is 0.271 e. The van der Waals surface area contributed by atoms with Gasteiger partial charge in [-0.3, -0.25) is 9.89 Å². The van der Waals surface area contributed by atoms with Crippen LogP contribution in [-0.4, -0.2) is 45.3 Å². The Labute approximate surface area is 139 Å². The second kappa shape index (κ2) is 6.09. The number of benzene rings is 2. The molecule has 2 aromatic carbocycles. The highest BCUT2D eigenvalue weighted by Crippen LogP contribution is 2.31. The number of H-pyrrole nitrogens is 1. The lowest BCUT2D eigenvalue weighted by atomic mass is 9.86. The third kappa shape index (κ3) is 2.67. The second-order valence-electron chi connectivity index (χ2n) is 6.29. The Hall–Kier alpha value is -2.66. The number of aliphatic hydroxyl groups is 1. The molecule has 2 atom stereocenters. The van der Waals surface area contributed by atoms with Gasteiger partial charge < -0.3 is 10.0 Å². The summed E-state index contributed by atoms with van der Waals surface area (Å²) < 4.78 is 0. The van der Waals surface area contributed by atoms with Gasteiger partial charge in [0.15, 0.2) is 0 Å². The summed E-state index contributed by atoms with van der Waals surface area (Å²) in [7, 11) is 0. The Morgan fingerprint density at radius 1 is 1.17 bits per heavy atom. The Morgan fingerprint density at radius 2 is 2.00 bits per heavy atom. The zero-order valence-corrected chi connectivity index (χ0v) is 13.2. The first-order valence-electron chi connectivity index (χ1n) is 8.18. The number of nitrogens with zero attached hydrogens (tertiary/aromatic N) is 2. The van der Waals surface area contributed by atoms with Crippen LogP contribution in [0.3, 0.4) is 0 Å². The van der Waals surface area contributed by atoms with Gasteiger partial charge in [-0.1, -0.05) is 42.5 Å². The van der Waals surface area contributed by atoms with Crippen molar-refractivity contribution < 1.29 is 9.90 Å². The molecule has 1 aliphatic rings. The number of aromatic nitrogens is 2. The number of fused-ring (bicyclic) bond motifs is 1. The molecule has 0 radical (unpaired) electrons. The summed E-state index contributed by atoms with van der Waals surface area (Å²) in [5.74, 6) is -0.0519. The molecule has 1 fully saturated rings. The number of aromatic amines is 1. The number of β-amino-alcohol motifs (C(OH)–C–C–N with tert-alkyl or cyclic N) is 1. The molecule has 2 N–H and O–H groups in total. The van der Waals surface area contributed by atoms with Crippen LogP contribution < -0.4 is 0 Å². The molecule has 5 nitrogen and oxygen atoms in total. The van der Waals surface area contributed by atoms with Crippen molar-refractivity contribution in [1.82, 2.24) is 15.1 Å². The Balaban J connectivity index is 1.53. The van der Waals surface area contributed by atoms with E-state index in [1.807, 2.05) is 12.1 Å². The lowest BCUT2D eigenvalue weighted by Gasteiger charge is -2.36. The maximum Gasteiger partial charge on any atom is 0.271 e. The fourth-order valence-electron chi connectivity index (χ4n) is 3.49. The zero-order valence-electron chi connectivity index (χ0n) is 13.2. The number of likely N-dealkylation sites (tertiary alicyclic amines) is 1. The van der Waals surface area contributed by atoms with Crippen LogP contribution in [0.1, 0.15) is 28.4 Å². The first kappa shape index (κ1) is 14.9. The summed E-state index contributed by atoms with van der Waals surface area (Å²) in [6.07, 6.45) is 1.75. The third-order valence-corrected chi connectivity index (χ3v) is 4.80. The molecule has 1 aliphatic heterocycles. The van der Waals surface area contributed by atoms with Crippen molar-refractivity contribution in [3.8, 4) is 0 Å². The summed E-state index contributed by atoms with van der Waals surface area (Å²) in [4.78, 5) is 14.1. The molecule has 2 unspecified atom stereocenters. The molecule has 0 saturated carbocycles. The standard InChI is InChI=1S/C19H19N3O2/c23-18-12-22(19(24)17-7-9-20-21-17)10-8-16(18)15-6-5-13-3-1-2-4-14(13)11-15/h1-7,9,11,16,18,23H,8,10,12H2,(H,20,21). The lowest BCUT2D eigenvalue weighted by molar-refractivity contribution is 0.0378. The Kier molecular flexibility index (Phi) is 3.78. The van der Waals surface area contributed by atoms with Gasteiger partial charge in [-0.05, 0) is 28.8 Å². The highest BCUT2D eigenvalue weighted by Gasteiger charge is 2.31. The largest absolute Gasteiger partial charge is 0.391 e. The van der Waals surface area contributed by atoms with Gasteiger partial charge in [-0.25, -0.2) is 0 Å². The average molecular weight is 321 g/mol. The maximum absolute atomic E-state index is 12.4. The molecule has 1 aromatic heterocycles. The van der Waals surface area contributed by atoms with Gasteiger partial charge in [0.25, 0.3) is 5.91 Å². The third-order valence-electron chi connectivity index (χ3n) is 4.80. The number of carbonyl (C=O) groups excluding carboxylic acids is 1. The van der Waals surface area contributed by atoms with Crippen LogP contribution in [0.2, 0.25) is 0 Å². The van der Waals surface area contributed by atoms with Crippen molar-refractivity contribution in [2.24, 2.45) is 0 Å². The van der Waals surface area contributed by atoms with Crippen LogP contribution in [-0.2, 0) is 0 Å². The summed E-state index contributed by atoms with van der Waals surface area (Å²) in [5.41, 5.74) is 1.60. The van der Waals surface area contributed by atoms with Crippen LogP contribution in [0.25, 0.3) is 10.8 Å². The predicted molar refractivity (Wildman–Crippen MR) is 91.8 cm³/mol. The molecule has 0 spiro atoms. The summed E-state index contributed by atoms with van der Waals surface area (Å²) in [6, 6.07) is 16.2. The van der Waals surface area contributed by atoms with Gasteiger partial charge in [0.05, 0.1) is 6.10 Å². The minimum atomic E-state index is -0.563. The number of hydrogen-bond donors (Lipinski definition) is 2. The van der Waals surface area contributed by atoms with E-state index >= 15 is 0 Å². The first-order valence-corrected chi connectivity index (χ1v) is 8.18. The van der Waals surface area contributed by atoms with Gasteiger partial charge in [0.1, 0.15) is 5.69 Å². The van der Waals surface area contributed by atoms with Gasteiger partial charge in [-0.2, -0.15) is 5.10 Å². The topological polar surface area (TPSA) is 69.2 Å². The number of carbonyl (C=O) groups is 1. The van der Waals surface area contributed by atoms with E-state index < -0.39 is 6.10 Å². The van der Waals surface area contributed by atoms with Crippen molar-refractivity contribution >= 4 is 16.7 Å². The molecule has 122 valence electrons. The lowest BCUT2D eigenvalue weighted by Crippen LogP contribution is -2.45. The van der Waals surface area contributed by atoms with Crippen molar-refractivity contribution in [2.45, 2.75) is 18.4 Å². The van der Waals surface area contributed by atoms with Crippen LogP contribution in [0, 0.1) is 0 Å². The molecule has 2 heterocycles. The number of amides is 1. The highest BCUT2D eigenvalue weighted by molar-refractivity contribution is 5.92. The molecular weight excluding hydrogens is 302 g/mol. The van der Waals surface area contributed by atoms with Crippen molar-refractivity contribution in [3.63, 3.8) is 0 Å². The number of hydrogen-bond acceptors (Lipinski definition) is 3. The van der Waals surface area contributed by atoms with Crippen molar-refractivity contribution in [1.29, 1.82) is 0 Å². The van der Waals surface area contributed by atoms with Crippen LogP contribution >= 0.6 is 0 Å². The highest BCUT2D eigenvalue weighted by atomic mass is 16.3. The number of nitrogens with one attached hydrogen (secondary N) is 1. The fourth-order valence-corrected chi connectivity index (χ4v) is 3.49. The minimum Gasteiger partial charge on any atom is -0.391 e. The molecule has 0 bridgehead atoms. The average Bonchev–Trinajstić information content (AvgIpc) is 3.15. The quantitative estimate of drug-likeness (QED) is 0.762. The molecule has 0 aliphatic carbocycles. The number of aliphatic hydroxyl groups excluding tert-OH is 1. The van der Waals surface area contributed by atoms with E-state index in [9.17, 15) is 9.90 Å². The number of piperidine rings is 1. The Bertz CT molecular complexity index is 860. The first-order chi connectivity index (χ1) is 11.7. The van der Waals surface area contributed by atoms with Gasteiger partial charge in [-0.15, -0.1) is 0 Å². The van der Waals surface area contributed by atoms with Gasteiger partial charge in [0, 0.05) is 25.2 Å². The van der Waals surface area contributed by atoms with E-state index in [0.717, 1.165) is 12.0 Å². The normalized spacial score (nSPS) is 21.1. The molecular formula is C19H19N3O2. The van der Waals surface area contributed by atoms with E-state index in [2.05, 4.69) is 40.5 Å². The van der Waals surface area contributed by atoms with Crippen molar-refractivity contribution in [3.05, 3.63) is 66.0 Å². The monoisotopic (exact) mass is 321 g/mol. The summed E-state index contributed by atoms with van der Waals surface area (Å²) >= 11 is 0. The maximum atomic E-state index is 12.4.